The monoisotopic (exact) mass is 876 g/mol. The maximum atomic E-state index is 13.6. The van der Waals surface area contributed by atoms with Crippen molar-refractivity contribution < 1.29 is 33.5 Å². The van der Waals surface area contributed by atoms with E-state index in [2.05, 4.69) is 38.9 Å². The van der Waals surface area contributed by atoms with Gasteiger partial charge in [-0.1, -0.05) is 18.2 Å². The number of carbonyl (C=O) groups excluding carboxylic acids is 6. The standard InChI is InChI=1S/C30H34I2N6O7S/c1-14(35-15(2)39)28(42)37-24(10-17-8-20(31)26(21(32)9-17)45-16(3)40)29(43)38-25(13-46)30(44)36-23(27(33)41)11-18-12-34-22-7-5-4-6-19(18)22/h4-9,12,14,23-25,34,46H,10-11,13H2,1-3H3,(H2,33,41)(H,35,39)(H,36,44)(H,37,42)(H,38,43)/t14-,23-,24-,25-/m0/s1. The fraction of sp³-hybridized carbons (Fsp3) is 0.333. The topological polar surface area (TPSA) is 202 Å². The lowest BCUT2D eigenvalue weighted by molar-refractivity contribution is -0.133. The molecule has 1 heterocycles. The number of para-hydroxylation sites is 1. The zero-order valence-electron chi connectivity index (χ0n) is 25.1. The van der Waals surface area contributed by atoms with E-state index in [1.54, 1.807) is 18.3 Å². The Hall–Kier alpha value is -3.39. The van der Waals surface area contributed by atoms with Gasteiger partial charge in [0.25, 0.3) is 0 Å². The van der Waals surface area contributed by atoms with Gasteiger partial charge in [-0.2, -0.15) is 12.6 Å². The second-order valence-electron chi connectivity index (χ2n) is 10.4. The first-order chi connectivity index (χ1) is 21.7. The van der Waals surface area contributed by atoms with Crippen LogP contribution < -0.4 is 31.7 Å². The summed E-state index contributed by atoms with van der Waals surface area (Å²) in [6, 6.07) is 6.46. The van der Waals surface area contributed by atoms with Gasteiger partial charge < -0.3 is 36.7 Å². The Bertz CT molecular complexity index is 1630. The number of benzene rings is 2. The summed E-state index contributed by atoms with van der Waals surface area (Å²) in [5, 5.41) is 11.2. The first-order valence-electron chi connectivity index (χ1n) is 14.0. The van der Waals surface area contributed by atoms with Crippen molar-refractivity contribution in [1.82, 2.24) is 26.3 Å². The van der Waals surface area contributed by atoms with E-state index < -0.39 is 59.7 Å². The second-order valence-corrected chi connectivity index (χ2v) is 13.1. The summed E-state index contributed by atoms with van der Waals surface area (Å²) in [4.78, 5) is 78.3. The lowest BCUT2D eigenvalue weighted by Gasteiger charge is -2.25. The molecule has 246 valence electrons. The number of carbonyl (C=O) groups is 6. The van der Waals surface area contributed by atoms with Gasteiger partial charge in [-0.25, -0.2) is 0 Å². The highest BCUT2D eigenvalue weighted by atomic mass is 127. The molecule has 5 amide bonds. The third kappa shape index (κ3) is 10.3. The molecule has 46 heavy (non-hydrogen) atoms. The molecular weight excluding hydrogens is 842 g/mol. The largest absolute Gasteiger partial charge is 0.424 e. The molecule has 0 spiro atoms. The van der Waals surface area contributed by atoms with Crippen LogP contribution >= 0.6 is 57.8 Å². The first kappa shape index (κ1) is 37.1. The van der Waals surface area contributed by atoms with Crippen LogP contribution in [0.3, 0.4) is 0 Å². The third-order valence-electron chi connectivity index (χ3n) is 6.76. The second kappa shape index (κ2) is 17.0. The number of halogens is 2. The molecule has 2 aromatic carbocycles. The minimum Gasteiger partial charge on any atom is -0.424 e. The van der Waals surface area contributed by atoms with Gasteiger partial charge in [0.2, 0.25) is 29.5 Å². The van der Waals surface area contributed by atoms with E-state index in [1.165, 1.54) is 20.8 Å². The average molecular weight is 877 g/mol. The summed E-state index contributed by atoms with van der Waals surface area (Å²) in [7, 11) is 0. The number of esters is 1. The van der Waals surface area contributed by atoms with Crippen molar-refractivity contribution in [3.63, 3.8) is 0 Å². The number of amides is 5. The molecule has 0 saturated heterocycles. The Morgan fingerprint density at radius 1 is 0.870 bits per heavy atom. The summed E-state index contributed by atoms with van der Waals surface area (Å²) in [5.74, 6) is -3.49. The van der Waals surface area contributed by atoms with Crippen molar-refractivity contribution in [2.75, 3.05) is 5.75 Å². The Morgan fingerprint density at radius 3 is 2.04 bits per heavy atom. The predicted molar refractivity (Wildman–Crippen MR) is 191 cm³/mol. The number of rotatable bonds is 14. The number of ether oxygens (including phenoxy) is 1. The Labute approximate surface area is 298 Å². The molecule has 0 bridgehead atoms. The van der Waals surface area contributed by atoms with Crippen LogP contribution in [0.25, 0.3) is 10.9 Å². The number of thiol groups is 1. The van der Waals surface area contributed by atoms with Gasteiger partial charge in [-0.05, 0) is 81.4 Å². The molecule has 0 aliphatic heterocycles. The van der Waals surface area contributed by atoms with Crippen LogP contribution in [-0.4, -0.2) is 70.4 Å². The number of hydrogen-bond donors (Lipinski definition) is 7. The highest BCUT2D eigenvalue weighted by Crippen LogP contribution is 2.29. The number of aromatic nitrogens is 1. The normalized spacial score (nSPS) is 13.5. The van der Waals surface area contributed by atoms with Crippen LogP contribution in [0.4, 0.5) is 0 Å². The van der Waals surface area contributed by atoms with Crippen molar-refractivity contribution in [2.45, 2.75) is 57.8 Å². The van der Waals surface area contributed by atoms with E-state index >= 15 is 0 Å². The van der Waals surface area contributed by atoms with Crippen LogP contribution in [0.2, 0.25) is 0 Å². The van der Waals surface area contributed by atoms with Crippen LogP contribution in [-0.2, 0) is 41.6 Å². The minimum atomic E-state index is -1.19. The molecule has 7 N–H and O–H groups in total. The molecule has 16 heteroatoms. The van der Waals surface area contributed by atoms with Gasteiger partial charge >= 0.3 is 5.97 Å². The molecule has 1 aromatic heterocycles. The molecule has 0 aliphatic carbocycles. The summed E-state index contributed by atoms with van der Waals surface area (Å²) < 4.78 is 6.49. The summed E-state index contributed by atoms with van der Waals surface area (Å²) >= 11 is 8.24. The van der Waals surface area contributed by atoms with Gasteiger partial charge in [0.1, 0.15) is 24.2 Å². The fourth-order valence-corrected chi connectivity index (χ4v) is 6.94. The van der Waals surface area contributed by atoms with E-state index in [0.717, 1.165) is 16.5 Å². The molecule has 0 radical (unpaired) electrons. The Balaban J connectivity index is 1.81. The number of aromatic amines is 1. The molecule has 3 aromatic rings. The SMILES string of the molecule is CC(=O)N[C@@H](C)C(=O)N[C@@H](Cc1cc(I)c(OC(C)=O)c(I)c1)C(=O)N[C@@H](CS)C(=O)N[C@@H](Cc1c[nH]c2ccccc12)C(N)=O. The van der Waals surface area contributed by atoms with Crippen LogP contribution in [0, 0.1) is 7.14 Å². The molecule has 0 saturated carbocycles. The van der Waals surface area contributed by atoms with Crippen LogP contribution in [0.5, 0.6) is 5.75 Å². The van der Waals surface area contributed by atoms with Crippen molar-refractivity contribution in [1.29, 1.82) is 0 Å². The quantitative estimate of drug-likeness (QED) is 0.0551. The van der Waals surface area contributed by atoms with Gasteiger partial charge in [0, 0.05) is 49.5 Å². The van der Waals surface area contributed by atoms with E-state index in [4.69, 9.17) is 10.5 Å². The smallest absolute Gasteiger partial charge is 0.308 e. The molecule has 4 atom stereocenters. The van der Waals surface area contributed by atoms with E-state index in [1.807, 2.05) is 69.4 Å². The zero-order valence-corrected chi connectivity index (χ0v) is 30.3. The number of nitrogens with two attached hydrogens (primary N) is 1. The summed E-state index contributed by atoms with van der Waals surface area (Å²) in [5.41, 5.74) is 7.88. The molecular formula is C30H34I2N6O7S. The molecule has 13 nitrogen and oxygen atoms in total. The highest BCUT2D eigenvalue weighted by molar-refractivity contribution is 14.1. The third-order valence-corrected chi connectivity index (χ3v) is 8.73. The fourth-order valence-electron chi connectivity index (χ4n) is 4.57. The Morgan fingerprint density at radius 2 is 1.46 bits per heavy atom. The molecule has 3 rings (SSSR count). The molecule has 0 aliphatic rings. The molecule has 0 unspecified atom stereocenters. The van der Waals surface area contributed by atoms with Crippen molar-refractivity contribution in [2.24, 2.45) is 5.73 Å². The van der Waals surface area contributed by atoms with Gasteiger partial charge in [-0.15, -0.1) is 0 Å². The number of primary amides is 1. The highest BCUT2D eigenvalue weighted by Gasteiger charge is 2.30. The van der Waals surface area contributed by atoms with Crippen molar-refractivity contribution >= 4 is 104 Å². The predicted octanol–water partition coefficient (Wildman–Crippen LogP) is 1.48. The lowest BCUT2D eigenvalue weighted by Crippen LogP contribution is -2.59. The van der Waals surface area contributed by atoms with E-state index in [0.29, 0.717) is 18.5 Å². The van der Waals surface area contributed by atoms with Gasteiger partial charge in [-0.3, -0.25) is 28.8 Å². The van der Waals surface area contributed by atoms with Crippen molar-refractivity contribution in [3.8, 4) is 5.75 Å². The number of fused-ring (bicyclic) bond motifs is 1. The number of hydrogen-bond acceptors (Lipinski definition) is 8. The number of nitrogens with one attached hydrogen (secondary N) is 5. The lowest BCUT2D eigenvalue weighted by atomic mass is 10.0. The minimum absolute atomic E-state index is 0.0118. The molecule has 0 fully saturated rings. The zero-order chi connectivity index (χ0) is 34.1. The summed E-state index contributed by atoms with van der Waals surface area (Å²) in [6.45, 7) is 4.01. The average Bonchev–Trinajstić information content (AvgIpc) is 3.39. The maximum Gasteiger partial charge on any atom is 0.308 e. The Kier molecular flexibility index (Phi) is 13.7. The maximum absolute atomic E-state index is 13.6. The first-order valence-corrected chi connectivity index (χ1v) is 16.8. The van der Waals surface area contributed by atoms with E-state index in [-0.39, 0.29) is 18.6 Å². The van der Waals surface area contributed by atoms with Gasteiger partial charge in [0.05, 0.1) is 7.14 Å². The van der Waals surface area contributed by atoms with Crippen LogP contribution in [0.1, 0.15) is 31.9 Å². The van der Waals surface area contributed by atoms with E-state index in [9.17, 15) is 28.8 Å². The number of H-pyrrole nitrogens is 1. The summed E-state index contributed by atoms with van der Waals surface area (Å²) in [6.07, 6.45) is 1.84. The van der Waals surface area contributed by atoms with Crippen LogP contribution in [0.15, 0.2) is 42.6 Å². The van der Waals surface area contributed by atoms with Gasteiger partial charge in [0.15, 0.2) is 5.75 Å². The van der Waals surface area contributed by atoms with Crippen molar-refractivity contribution in [3.05, 3.63) is 60.9 Å².